The van der Waals surface area contributed by atoms with Crippen LogP contribution in [0.5, 0.6) is 5.75 Å². The summed E-state index contributed by atoms with van der Waals surface area (Å²) in [7, 11) is 0. The van der Waals surface area contributed by atoms with Crippen molar-refractivity contribution in [3.8, 4) is 5.75 Å². The van der Waals surface area contributed by atoms with Crippen LogP contribution in [-0.2, 0) is 27.7 Å². The Morgan fingerprint density at radius 2 is 1.64 bits per heavy atom. The van der Waals surface area contributed by atoms with E-state index in [1.807, 2.05) is 0 Å². The van der Waals surface area contributed by atoms with Crippen LogP contribution in [0.15, 0.2) is 24.3 Å². The summed E-state index contributed by atoms with van der Waals surface area (Å²) in [5.74, 6) is -1.47. The first-order valence-electron chi connectivity index (χ1n) is 2.68. The van der Waals surface area contributed by atoms with Crippen LogP contribution < -0.4 is 10.2 Å². The number of carbonyl (C=O) groups is 1. The third kappa shape index (κ3) is 2.88. The first-order valence-corrected chi connectivity index (χ1v) is 2.68. The number of carbonyl (C=O) groups excluding carboxylic acids is 1. The van der Waals surface area contributed by atoms with Gasteiger partial charge in [0.1, 0.15) is 0 Å². The van der Waals surface area contributed by atoms with Gasteiger partial charge in [-0.1, -0.05) is 24.3 Å². The van der Waals surface area contributed by atoms with Crippen molar-refractivity contribution in [1.82, 2.24) is 0 Å². The summed E-state index contributed by atoms with van der Waals surface area (Å²) in [5.41, 5.74) is 0.0274. The molecule has 0 fully saturated rings. The Labute approximate surface area is 84.2 Å². The van der Waals surface area contributed by atoms with Gasteiger partial charge in [-0.05, 0) is 5.56 Å². The Bertz CT molecular complexity index is 242. The number of rotatable bonds is 1. The third-order valence-corrected chi connectivity index (χ3v) is 1.09. The second-order valence-corrected chi connectivity index (χ2v) is 1.81. The number of carboxylic acid groups (broad SMARTS) is 1. The standard InChI is InChI=1S/C7H6O3.Hg/c8-6-3-1-5(2-4-6)7(9)10;/h1-4,8H,(H,9,10);/q;+2/p-2. The van der Waals surface area contributed by atoms with Gasteiger partial charge in [-0.15, -0.1) is 5.75 Å². The molecular formula is C7H4HgO3. The van der Waals surface area contributed by atoms with Crippen LogP contribution in [0.1, 0.15) is 10.4 Å². The van der Waals surface area contributed by atoms with Crippen LogP contribution in [0.25, 0.3) is 0 Å². The van der Waals surface area contributed by atoms with Crippen molar-refractivity contribution in [3.05, 3.63) is 29.8 Å². The normalized spacial score (nSPS) is 8.36. The zero-order valence-corrected chi connectivity index (χ0v) is 11.2. The number of benzene rings is 1. The van der Waals surface area contributed by atoms with Gasteiger partial charge in [0.2, 0.25) is 0 Å². The molecule has 3 nitrogen and oxygen atoms in total. The smallest absolute Gasteiger partial charge is 0.872 e. The average molecular weight is 337 g/mol. The van der Waals surface area contributed by atoms with Gasteiger partial charge in [0.05, 0.1) is 5.97 Å². The van der Waals surface area contributed by atoms with Crippen LogP contribution in [0.4, 0.5) is 0 Å². The summed E-state index contributed by atoms with van der Waals surface area (Å²) in [6, 6.07) is 4.81. The predicted octanol–water partition coefficient (Wildman–Crippen LogP) is -0.879. The number of hydrogen-bond donors (Lipinski definition) is 0. The second kappa shape index (κ2) is 4.33. The molecule has 0 N–H and O–H groups in total. The van der Waals surface area contributed by atoms with Gasteiger partial charge in [-0.3, -0.25) is 0 Å². The van der Waals surface area contributed by atoms with Gasteiger partial charge in [0.15, 0.2) is 0 Å². The fourth-order valence-electron chi connectivity index (χ4n) is 0.591. The molecule has 0 amide bonds. The van der Waals surface area contributed by atoms with Crippen LogP contribution >= 0.6 is 0 Å². The van der Waals surface area contributed by atoms with Gasteiger partial charge >= 0.3 is 27.7 Å². The van der Waals surface area contributed by atoms with Crippen molar-refractivity contribution in [2.45, 2.75) is 0 Å². The minimum absolute atomic E-state index is 0. The van der Waals surface area contributed by atoms with Crippen LogP contribution in [0, 0.1) is 0 Å². The van der Waals surface area contributed by atoms with Gasteiger partial charge in [0, 0.05) is 0 Å². The molecule has 1 aromatic carbocycles. The van der Waals surface area contributed by atoms with E-state index in [-0.39, 0.29) is 39.0 Å². The molecule has 0 bridgehead atoms. The SMILES string of the molecule is O=C([O-])c1ccc([O-])cc1.[Hg+2]. The summed E-state index contributed by atoms with van der Waals surface area (Å²) >= 11 is 0. The molecule has 0 aliphatic carbocycles. The number of carboxylic acids is 1. The monoisotopic (exact) mass is 338 g/mol. The molecule has 0 aromatic heterocycles. The van der Waals surface area contributed by atoms with Crippen molar-refractivity contribution in [2.24, 2.45) is 0 Å². The first kappa shape index (κ1) is 10.4. The van der Waals surface area contributed by atoms with E-state index in [0.717, 1.165) is 0 Å². The summed E-state index contributed by atoms with van der Waals surface area (Å²) < 4.78 is 0. The topological polar surface area (TPSA) is 63.2 Å². The van der Waals surface area contributed by atoms with Crippen molar-refractivity contribution in [1.29, 1.82) is 0 Å². The minimum Gasteiger partial charge on any atom is -0.872 e. The molecule has 0 saturated heterocycles. The summed E-state index contributed by atoms with van der Waals surface area (Å²) in [6.07, 6.45) is 0. The second-order valence-electron chi connectivity index (χ2n) is 1.81. The number of aromatic carboxylic acids is 1. The number of hydrogen-bond acceptors (Lipinski definition) is 3. The van der Waals surface area contributed by atoms with E-state index >= 15 is 0 Å². The van der Waals surface area contributed by atoms with E-state index in [4.69, 9.17) is 0 Å². The van der Waals surface area contributed by atoms with Gasteiger partial charge in [-0.2, -0.15) is 0 Å². The Balaban J connectivity index is 0.000001000. The minimum atomic E-state index is -1.26. The molecule has 52 valence electrons. The quantitative estimate of drug-likeness (QED) is 0.626. The molecule has 0 heterocycles. The molecule has 0 aliphatic rings. The van der Waals surface area contributed by atoms with Gasteiger partial charge < -0.3 is 15.0 Å². The molecule has 0 aliphatic heterocycles. The molecule has 11 heavy (non-hydrogen) atoms. The van der Waals surface area contributed by atoms with E-state index in [9.17, 15) is 15.0 Å². The Morgan fingerprint density at radius 3 is 2.00 bits per heavy atom. The third-order valence-electron chi connectivity index (χ3n) is 1.09. The first-order chi connectivity index (χ1) is 4.70. The molecule has 0 radical (unpaired) electrons. The maximum Gasteiger partial charge on any atom is 2.00 e. The van der Waals surface area contributed by atoms with E-state index in [1.165, 1.54) is 24.3 Å². The summed E-state index contributed by atoms with van der Waals surface area (Å²) in [4.78, 5) is 10.1. The molecule has 1 aromatic rings. The van der Waals surface area contributed by atoms with Crippen molar-refractivity contribution >= 4 is 5.97 Å². The predicted molar refractivity (Wildman–Crippen MR) is 30.2 cm³/mol. The maximum absolute atomic E-state index is 10.4. The molecule has 0 saturated carbocycles. The summed E-state index contributed by atoms with van der Waals surface area (Å²) in [5, 5.41) is 20.5. The average Bonchev–Trinajstić information content (AvgIpc) is 1.88. The Kier molecular flexibility index (Phi) is 4.11. The molecule has 1 rings (SSSR count). The largest absolute Gasteiger partial charge is 2.00 e. The Morgan fingerprint density at radius 1 is 1.18 bits per heavy atom. The summed E-state index contributed by atoms with van der Waals surface area (Å²) in [6.45, 7) is 0. The fourth-order valence-corrected chi connectivity index (χ4v) is 0.591. The molecular weight excluding hydrogens is 333 g/mol. The van der Waals surface area contributed by atoms with E-state index in [0.29, 0.717) is 0 Å². The van der Waals surface area contributed by atoms with E-state index in [1.54, 1.807) is 0 Å². The van der Waals surface area contributed by atoms with Crippen LogP contribution in [0.2, 0.25) is 0 Å². The van der Waals surface area contributed by atoms with Crippen molar-refractivity contribution < 1.29 is 42.7 Å². The molecule has 0 atom stereocenters. The van der Waals surface area contributed by atoms with Gasteiger partial charge in [0.25, 0.3) is 0 Å². The van der Waals surface area contributed by atoms with Crippen molar-refractivity contribution in [2.75, 3.05) is 0 Å². The Hall–Kier alpha value is -0.575. The van der Waals surface area contributed by atoms with Crippen LogP contribution in [0.3, 0.4) is 0 Å². The van der Waals surface area contributed by atoms with Crippen LogP contribution in [-0.4, -0.2) is 5.97 Å². The fraction of sp³-hybridized carbons (Fsp3) is 0. The van der Waals surface area contributed by atoms with E-state index < -0.39 is 5.97 Å². The van der Waals surface area contributed by atoms with Gasteiger partial charge in [-0.25, -0.2) is 0 Å². The molecule has 0 spiro atoms. The zero-order valence-electron chi connectivity index (χ0n) is 5.74. The van der Waals surface area contributed by atoms with E-state index in [2.05, 4.69) is 0 Å². The van der Waals surface area contributed by atoms with Crippen molar-refractivity contribution in [3.63, 3.8) is 0 Å². The zero-order chi connectivity index (χ0) is 7.56. The molecule has 0 unspecified atom stereocenters. The molecule has 4 heteroatoms. The maximum atomic E-state index is 10.4.